The van der Waals surface area contributed by atoms with Crippen molar-refractivity contribution in [1.29, 1.82) is 0 Å². The van der Waals surface area contributed by atoms with Gasteiger partial charge in [-0.15, -0.1) is 0 Å². The van der Waals surface area contributed by atoms with Crippen LogP contribution in [0.25, 0.3) is 11.3 Å². The van der Waals surface area contributed by atoms with Crippen LogP contribution in [0.5, 0.6) is 0 Å². The molecule has 9 heteroatoms. The molecule has 7 rings (SSSR count). The lowest BCUT2D eigenvalue weighted by Gasteiger charge is -2.36. The maximum Gasteiger partial charge on any atom is 0.274 e. The number of halogens is 1. The first kappa shape index (κ1) is 27.7. The van der Waals surface area contributed by atoms with E-state index in [1.165, 1.54) is 33.5 Å². The number of aromatic nitrogens is 3. The van der Waals surface area contributed by atoms with Crippen LogP contribution in [0.15, 0.2) is 53.5 Å². The molecule has 1 N–H and O–H groups in total. The van der Waals surface area contributed by atoms with Gasteiger partial charge in [-0.1, -0.05) is 24.3 Å². The third kappa shape index (κ3) is 4.90. The topological polar surface area (TPSA) is 83.6 Å². The Bertz CT molecular complexity index is 1790. The van der Waals surface area contributed by atoms with Crippen LogP contribution in [0.1, 0.15) is 62.9 Å². The highest BCUT2D eigenvalue weighted by Crippen LogP contribution is 2.36. The fourth-order valence-corrected chi connectivity index (χ4v) is 7.05. The van der Waals surface area contributed by atoms with Gasteiger partial charge >= 0.3 is 0 Å². The van der Waals surface area contributed by atoms with Gasteiger partial charge < -0.3 is 24.0 Å². The summed E-state index contributed by atoms with van der Waals surface area (Å²) in [6.45, 7) is 2.67. The van der Waals surface area contributed by atoms with Crippen molar-refractivity contribution >= 4 is 11.6 Å². The van der Waals surface area contributed by atoms with Gasteiger partial charge in [0.05, 0.1) is 18.0 Å². The average Bonchev–Trinajstić information content (AvgIpc) is 3.38. The number of likely N-dealkylation sites (tertiary alicyclic amines) is 1. The maximum absolute atomic E-state index is 15.3. The van der Waals surface area contributed by atoms with Crippen molar-refractivity contribution in [3.8, 4) is 11.3 Å². The Balaban J connectivity index is 1.23. The standard InChI is InChI=1S/C34H36FN5O3/c1-37-17-24(18-37)22-9-7-21(8-10-22)13-28-33(42)38(2)19-29(36-28)26-15-25(35)16-31(27(26)20-41)40-12-11-39-30-6-4-3-5-23(30)14-32(39)34(40)43/h7-10,14-16,19,24,41H,3-6,11-13,17-18,20H2,1-2H3. The fraction of sp³-hybridized carbons (Fsp3) is 0.382. The van der Waals surface area contributed by atoms with Crippen LogP contribution < -0.4 is 10.5 Å². The Morgan fingerprint density at radius 3 is 2.51 bits per heavy atom. The van der Waals surface area contributed by atoms with Crippen molar-refractivity contribution in [3.63, 3.8) is 0 Å². The van der Waals surface area contributed by atoms with Crippen molar-refractivity contribution in [1.82, 2.24) is 19.0 Å². The molecule has 0 spiro atoms. The van der Waals surface area contributed by atoms with Crippen LogP contribution in [0.2, 0.25) is 0 Å². The van der Waals surface area contributed by atoms with E-state index in [4.69, 9.17) is 4.98 Å². The molecule has 1 aliphatic carbocycles. The first-order chi connectivity index (χ1) is 20.8. The number of hydrogen-bond donors (Lipinski definition) is 1. The van der Waals surface area contributed by atoms with Crippen molar-refractivity contribution < 1.29 is 14.3 Å². The molecule has 0 radical (unpaired) electrons. The van der Waals surface area contributed by atoms with Gasteiger partial charge in [0.2, 0.25) is 0 Å². The number of anilines is 1. The van der Waals surface area contributed by atoms with Crippen LogP contribution in [-0.4, -0.2) is 56.7 Å². The summed E-state index contributed by atoms with van der Waals surface area (Å²) in [7, 11) is 3.76. The second-order valence-corrected chi connectivity index (χ2v) is 12.3. The summed E-state index contributed by atoms with van der Waals surface area (Å²) >= 11 is 0. The molecule has 8 nitrogen and oxygen atoms in total. The Labute approximate surface area is 250 Å². The molecular weight excluding hydrogens is 545 g/mol. The molecule has 2 aromatic carbocycles. The van der Waals surface area contributed by atoms with E-state index in [1.54, 1.807) is 18.1 Å². The summed E-state index contributed by atoms with van der Waals surface area (Å²) in [6, 6.07) is 12.9. The van der Waals surface area contributed by atoms with E-state index < -0.39 is 12.4 Å². The van der Waals surface area contributed by atoms with Crippen molar-refractivity contribution in [2.24, 2.45) is 7.05 Å². The third-order valence-corrected chi connectivity index (χ3v) is 9.36. The average molecular weight is 582 g/mol. The summed E-state index contributed by atoms with van der Waals surface area (Å²) in [5.74, 6) is -0.198. The first-order valence-electron chi connectivity index (χ1n) is 15.1. The van der Waals surface area contributed by atoms with E-state index in [9.17, 15) is 14.7 Å². The largest absolute Gasteiger partial charge is 0.392 e. The van der Waals surface area contributed by atoms with E-state index in [1.807, 2.05) is 18.2 Å². The number of nitrogens with zero attached hydrogens (tertiary/aromatic N) is 5. The molecule has 2 aromatic heterocycles. The molecule has 4 aromatic rings. The van der Waals surface area contributed by atoms with Crippen LogP contribution in [0.3, 0.4) is 0 Å². The molecule has 0 saturated carbocycles. The molecule has 2 aliphatic heterocycles. The van der Waals surface area contributed by atoms with E-state index in [0.717, 1.165) is 44.3 Å². The zero-order valence-corrected chi connectivity index (χ0v) is 24.6. The number of likely N-dealkylation sites (N-methyl/N-ethyl adjacent to an activating group) is 1. The van der Waals surface area contributed by atoms with Gasteiger partial charge in [-0.25, -0.2) is 9.37 Å². The number of rotatable bonds is 6. The molecular formula is C34H36FN5O3. The second kappa shape index (κ2) is 10.9. The summed E-state index contributed by atoms with van der Waals surface area (Å²) in [6.07, 6.45) is 6.07. The van der Waals surface area contributed by atoms with Gasteiger partial charge in [-0.05, 0) is 67.6 Å². The van der Waals surface area contributed by atoms with E-state index in [2.05, 4.69) is 28.6 Å². The number of aryl methyl sites for hydroxylation is 2. The number of amides is 1. The minimum Gasteiger partial charge on any atom is -0.392 e. The zero-order valence-electron chi connectivity index (χ0n) is 24.6. The minimum absolute atomic E-state index is 0.196. The first-order valence-corrected chi connectivity index (χ1v) is 15.1. The minimum atomic E-state index is -0.537. The second-order valence-electron chi connectivity index (χ2n) is 12.3. The van der Waals surface area contributed by atoms with Gasteiger partial charge in [0.15, 0.2) is 0 Å². The van der Waals surface area contributed by atoms with Gasteiger partial charge in [0.1, 0.15) is 17.2 Å². The van der Waals surface area contributed by atoms with Crippen LogP contribution in [-0.2, 0) is 39.5 Å². The van der Waals surface area contributed by atoms with Gasteiger partial charge in [0, 0.05) is 68.6 Å². The lowest BCUT2D eigenvalue weighted by atomic mass is 9.91. The highest BCUT2D eigenvalue weighted by atomic mass is 19.1. The summed E-state index contributed by atoms with van der Waals surface area (Å²) in [4.78, 5) is 35.4. The highest BCUT2D eigenvalue weighted by Gasteiger charge is 2.32. The molecule has 0 unspecified atom stereocenters. The monoisotopic (exact) mass is 581 g/mol. The number of aliphatic hydroxyl groups is 1. The third-order valence-electron chi connectivity index (χ3n) is 9.36. The molecule has 1 fully saturated rings. The van der Waals surface area contributed by atoms with Crippen LogP contribution in [0.4, 0.5) is 10.1 Å². The smallest absolute Gasteiger partial charge is 0.274 e. The normalized spacial score (nSPS) is 17.1. The number of fused-ring (bicyclic) bond motifs is 3. The van der Waals surface area contributed by atoms with Crippen LogP contribution >= 0.6 is 0 Å². The maximum atomic E-state index is 15.3. The Morgan fingerprint density at radius 2 is 1.77 bits per heavy atom. The highest BCUT2D eigenvalue weighted by molar-refractivity contribution is 6.07. The van der Waals surface area contributed by atoms with E-state index in [-0.39, 0.29) is 11.5 Å². The van der Waals surface area contributed by atoms with Crippen molar-refractivity contribution in [2.75, 3.05) is 31.6 Å². The van der Waals surface area contributed by atoms with Gasteiger partial charge in [-0.3, -0.25) is 9.59 Å². The number of carbonyl (C=O) groups excluding carboxylic acids is 1. The van der Waals surface area contributed by atoms with E-state index in [0.29, 0.717) is 59.3 Å². The lowest BCUT2D eigenvalue weighted by molar-refractivity contribution is 0.0964. The predicted molar refractivity (Wildman–Crippen MR) is 163 cm³/mol. The van der Waals surface area contributed by atoms with Gasteiger partial charge in [0.25, 0.3) is 11.5 Å². The molecule has 4 heterocycles. The van der Waals surface area contributed by atoms with Gasteiger partial charge in [-0.2, -0.15) is 0 Å². The molecule has 43 heavy (non-hydrogen) atoms. The van der Waals surface area contributed by atoms with Crippen molar-refractivity contribution in [3.05, 3.63) is 104 Å². The van der Waals surface area contributed by atoms with Crippen molar-refractivity contribution in [2.45, 2.75) is 51.2 Å². The van der Waals surface area contributed by atoms with Crippen LogP contribution in [0, 0.1) is 5.82 Å². The number of carbonyl (C=O) groups is 1. The number of aliphatic hydroxyl groups excluding tert-OH is 1. The lowest BCUT2D eigenvalue weighted by Crippen LogP contribution is -2.41. The number of hydrogen-bond acceptors (Lipinski definition) is 5. The summed E-state index contributed by atoms with van der Waals surface area (Å²) in [5.41, 5.74) is 6.93. The quantitative estimate of drug-likeness (QED) is 0.372. The Morgan fingerprint density at radius 1 is 1.00 bits per heavy atom. The molecule has 3 aliphatic rings. The van der Waals surface area contributed by atoms with E-state index >= 15 is 4.39 Å². The molecule has 1 amide bonds. The molecule has 222 valence electrons. The Hall–Kier alpha value is -4.08. The summed E-state index contributed by atoms with van der Waals surface area (Å²) in [5, 5.41) is 10.6. The Kier molecular flexibility index (Phi) is 7.02. The molecule has 1 saturated heterocycles. The predicted octanol–water partition coefficient (Wildman–Crippen LogP) is 4.04. The fourth-order valence-electron chi connectivity index (χ4n) is 7.05. The zero-order chi connectivity index (χ0) is 29.8. The summed E-state index contributed by atoms with van der Waals surface area (Å²) < 4.78 is 18.8. The molecule has 0 atom stereocenters. The SMILES string of the molecule is CN1CC(c2ccc(Cc3nc(-c4cc(F)cc(N5CCn6c(cc7c6CCCC7)C5=O)c4CO)cn(C)c3=O)cc2)C1. The number of benzene rings is 2. The molecule has 0 bridgehead atoms.